The molecule has 6 nitrogen and oxygen atoms in total. The Morgan fingerprint density at radius 3 is 2.61 bits per heavy atom. The molecule has 23 heavy (non-hydrogen) atoms. The molecule has 1 aromatic heterocycles. The lowest BCUT2D eigenvalue weighted by atomic mass is 10.1. The van der Waals surface area contributed by atoms with E-state index in [0.29, 0.717) is 10.6 Å². The summed E-state index contributed by atoms with van der Waals surface area (Å²) in [7, 11) is 0. The van der Waals surface area contributed by atoms with E-state index in [2.05, 4.69) is 5.32 Å². The van der Waals surface area contributed by atoms with Gasteiger partial charge in [0, 0.05) is 4.88 Å². The zero-order valence-electron chi connectivity index (χ0n) is 12.9. The molecule has 0 unspecified atom stereocenters. The van der Waals surface area contributed by atoms with Gasteiger partial charge in [-0.15, -0.1) is 11.3 Å². The van der Waals surface area contributed by atoms with Crippen molar-refractivity contribution >= 4 is 34.1 Å². The molecule has 2 aliphatic rings. The molecule has 124 valence electrons. The second-order valence-corrected chi connectivity index (χ2v) is 7.17. The monoisotopic (exact) mass is 336 g/mol. The fraction of sp³-hybridized carbons (Fsp3) is 0.562. The third kappa shape index (κ3) is 3.39. The van der Waals surface area contributed by atoms with Gasteiger partial charge in [-0.05, 0) is 37.7 Å². The molecule has 1 heterocycles. The summed E-state index contributed by atoms with van der Waals surface area (Å²) >= 11 is 1.39. The number of anilines is 1. The van der Waals surface area contributed by atoms with E-state index in [9.17, 15) is 14.4 Å². The van der Waals surface area contributed by atoms with E-state index in [1.807, 2.05) is 0 Å². The molecule has 0 radical (unpaired) electrons. The van der Waals surface area contributed by atoms with Crippen LogP contribution >= 0.6 is 11.3 Å². The standard InChI is InChI=1S/C16H20N2O4S/c17-14(20)13-10-6-3-7-11(10)23-15(13)18-12(19)8-22-16(21)9-4-1-2-5-9/h9H,1-8H2,(H2,17,20)(H,18,19). The lowest BCUT2D eigenvalue weighted by Gasteiger charge is -2.10. The highest BCUT2D eigenvalue weighted by Gasteiger charge is 2.27. The smallest absolute Gasteiger partial charge is 0.309 e. The highest BCUT2D eigenvalue weighted by molar-refractivity contribution is 7.17. The van der Waals surface area contributed by atoms with Gasteiger partial charge in [0.25, 0.3) is 11.8 Å². The maximum absolute atomic E-state index is 12.0. The minimum absolute atomic E-state index is 0.0745. The number of ether oxygens (including phenoxy) is 1. The summed E-state index contributed by atoms with van der Waals surface area (Å²) < 4.78 is 5.08. The molecule has 3 rings (SSSR count). The van der Waals surface area contributed by atoms with Gasteiger partial charge in [-0.1, -0.05) is 12.8 Å². The van der Waals surface area contributed by atoms with E-state index in [0.717, 1.165) is 55.4 Å². The van der Waals surface area contributed by atoms with Crippen molar-refractivity contribution < 1.29 is 19.1 Å². The van der Waals surface area contributed by atoms with Crippen LogP contribution in [0, 0.1) is 5.92 Å². The number of hydrogen-bond donors (Lipinski definition) is 2. The maximum Gasteiger partial charge on any atom is 0.309 e. The lowest BCUT2D eigenvalue weighted by molar-refractivity contribution is -0.151. The Labute approximate surface area is 138 Å². The van der Waals surface area contributed by atoms with Crippen LogP contribution in [0.25, 0.3) is 0 Å². The predicted molar refractivity (Wildman–Crippen MR) is 86.4 cm³/mol. The number of esters is 1. The average molecular weight is 336 g/mol. The minimum Gasteiger partial charge on any atom is -0.455 e. The number of fused-ring (bicyclic) bond motifs is 1. The summed E-state index contributed by atoms with van der Waals surface area (Å²) in [6, 6.07) is 0. The summed E-state index contributed by atoms with van der Waals surface area (Å²) in [5.74, 6) is -1.34. The van der Waals surface area contributed by atoms with Gasteiger partial charge in [0.2, 0.25) is 0 Å². The van der Waals surface area contributed by atoms with E-state index in [-0.39, 0.29) is 18.5 Å². The van der Waals surface area contributed by atoms with Gasteiger partial charge < -0.3 is 15.8 Å². The van der Waals surface area contributed by atoms with Gasteiger partial charge in [-0.2, -0.15) is 0 Å². The molecule has 0 aliphatic heterocycles. The van der Waals surface area contributed by atoms with E-state index >= 15 is 0 Å². The highest BCUT2D eigenvalue weighted by atomic mass is 32.1. The first-order valence-corrected chi connectivity index (χ1v) is 8.78. The SMILES string of the molecule is NC(=O)c1c(NC(=O)COC(=O)C2CCCC2)sc2c1CCC2. The van der Waals surface area contributed by atoms with Crippen LogP contribution in [-0.2, 0) is 27.2 Å². The number of nitrogens with one attached hydrogen (secondary N) is 1. The zero-order valence-corrected chi connectivity index (χ0v) is 13.7. The quantitative estimate of drug-likeness (QED) is 0.804. The van der Waals surface area contributed by atoms with Crippen LogP contribution in [-0.4, -0.2) is 24.4 Å². The summed E-state index contributed by atoms with van der Waals surface area (Å²) in [5.41, 5.74) is 6.82. The summed E-state index contributed by atoms with van der Waals surface area (Å²) in [6.45, 7) is -0.323. The number of hydrogen-bond acceptors (Lipinski definition) is 5. The number of aryl methyl sites for hydroxylation is 1. The number of carbonyl (C=O) groups is 3. The third-order valence-electron chi connectivity index (χ3n) is 4.45. The van der Waals surface area contributed by atoms with E-state index in [4.69, 9.17) is 10.5 Å². The zero-order chi connectivity index (χ0) is 16.4. The van der Waals surface area contributed by atoms with Crippen molar-refractivity contribution in [3.05, 3.63) is 16.0 Å². The molecular weight excluding hydrogens is 316 g/mol. The molecule has 7 heteroatoms. The first kappa shape index (κ1) is 16.0. The maximum atomic E-state index is 12.0. The Hall–Kier alpha value is -1.89. The second kappa shape index (κ2) is 6.70. The van der Waals surface area contributed by atoms with Crippen molar-refractivity contribution in [1.82, 2.24) is 0 Å². The first-order chi connectivity index (χ1) is 11.1. The van der Waals surface area contributed by atoms with Crippen molar-refractivity contribution in [3.8, 4) is 0 Å². The second-order valence-electron chi connectivity index (χ2n) is 6.06. The van der Waals surface area contributed by atoms with Crippen molar-refractivity contribution in [3.63, 3.8) is 0 Å². The molecule has 1 aromatic rings. The minimum atomic E-state index is -0.525. The van der Waals surface area contributed by atoms with Crippen LogP contribution in [0.2, 0.25) is 0 Å². The third-order valence-corrected chi connectivity index (χ3v) is 5.66. The van der Waals surface area contributed by atoms with Gasteiger partial charge in [0.15, 0.2) is 6.61 Å². The molecule has 2 amide bonds. The number of rotatable bonds is 5. The molecule has 0 saturated heterocycles. The van der Waals surface area contributed by atoms with Gasteiger partial charge in [0.05, 0.1) is 11.5 Å². The highest BCUT2D eigenvalue weighted by Crippen LogP contribution is 2.38. The number of amides is 2. The molecule has 1 fully saturated rings. The molecule has 2 aliphatic carbocycles. The average Bonchev–Trinajstić information content (AvgIpc) is 3.20. The van der Waals surface area contributed by atoms with E-state index < -0.39 is 11.8 Å². The molecule has 3 N–H and O–H groups in total. The number of primary amides is 1. The van der Waals surface area contributed by atoms with Crippen LogP contribution in [0.4, 0.5) is 5.00 Å². The van der Waals surface area contributed by atoms with Crippen LogP contribution in [0.5, 0.6) is 0 Å². The Bertz CT molecular complexity index is 647. The molecule has 0 atom stereocenters. The largest absolute Gasteiger partial charge is 0.455 e. The lowest BCUT2D eigenvalue weighted by Crippen LogP contribution is -2.24. The number of thiophene rings is 1. The Morgan fingerprint density at radius 2 is 1.91 bits per heavy atom. The van der Waals surface area contributed by atoms with Crippen LogP contribution in [0.1, 0.15) is 52.9 Å². The van der Waals surface area contributed by atoms with Crippen LogP contribution in [0.15, 0.2) is 0 Å². The van der Waals surface area contributed by atoms with Crippen LogP contribution in [0.3, 0.4) is 0 Å². The predicted octanol–water partition coefficient (Wildman–Crippen LogP) is 2.01. The van der Waals surface area contributed by atoms with Crippen molar-refractivity contribution in [2.24, 2.45) is 11.7 Å². The topological polar surface area (TPSA) is 98.5 Å². The van der Waals surface area contributed by atoms with Gasteiger partial charge >= 0.3 is 5.97 Å². The normalized spacial score (nSPS) is 17.0. The summed E-state index contributed by atoms with van der Waals surface area (Å²) in [5, 5.41) is 3.14. The van der Waals surface area contributed by atoms with Crippen molar-refractivity contribution in [2.75, 3.05) is 11.9 Å². The Balaban J connectivity index is 1.60. The summed E-state index contributed by atoms with van der Waals surface area (Å²) in [4.78, 5) is 36.6. The Kier molecular flexibility index (Phi) is 4.66. The fourth-order valence-electron chi connectivity index (χ4n) is 3.33. The van der Waals surface area contributed by atoms with E-state index in [1.54, 1.807) is 0 Å². The van der Waals surface area contributed by atoms with Crippen molar-refractivity contribution in [2.45, 2.75) is 44.9 Å². The Morgan fingerprint density at radius 1 is 1.17 bits per heavy atom. The first-order valence-electron chi connectivity index (χ1n) is 7.97. The molecular formula is C16H20N2O4S. The van der Waals surface area contributed by atoms with Gasteiger partial charge in [-0.25, -0.2) is 0 Å². The van der Waals surface area contributed by atoms with Gasteiger partial charge in [0.1, 0.15) is 5.00 Å². The van der Waals surface area contributed by atoms with E-state index in [1.165, 1.54) is 11.3 Å². The van der Waals surface area contributed by atoms with Gasteiger partial charge in [-0.3, -0.25) is 14.4 Å². The molecule has 0 spiro atoms. The number of nitrogens with two attached hydrogens (primary N) is 1. The number of carbonyl (C=O) groups excluding carboxylic acids is 3. The van der Waals surface area contributed by atoms with Crippen molar-refractivity contribution in [1.29, 1.82) is 0 Å². The fourth-order valence-corrected chi connectivity index (χ4v) is 4.64. The van der Waals surface area contributed by atoms with Crippen LogP contribution < -0.4 is 11.1 Å². The summed E-state index contributed by atoms with van der Waals surface area (Å²) in [6.07, 6.45) is 6.48. The molecule has 0 bridgehead atoms. The molecule has 0 aromatic carbocycles. The molecule has 1 saturated carbocycles.